The predicted octanol–water partition coefficient (Wildman–Crippen LogP) is 1.57. The molecule has 3 rings (SSSR count). The van der Waals surface area contributed by atoms with E-state index in [0.717, 1.165) is 17.2 Å². The lowest BCUT2D eigenvalue weighted by atomic mass is 10.0. The Balaban J connectivity index is 1.64. The summed E-state index contributed by atoms with van der Waals surface area (Å²) in [5.41, 5.74) is 0. The van der Waals surface area contributed by atoms with Gasteiger partial charge in [0.15, 0.2) is 5.82 Å². The van der Waals surface area contributed by atoms with E-state index in [1.165, 1.54) is 37.2 Å². The number of rotatable bonds is 3. The summed E-state index contributed by atoms with van der Waals surface area (Å²) in [4.78, 5) is 0.911. The molecule has 0 aromatic carbocycles. The molecule has 92 valence electrons. The molecular weight excluding hydrogens is 234 g/mol. The summed E-state index contributed by atoms with van der Waals surface area (Å²) >= 11 is 1.66. The summed E-state index contributed by atoms with van der Waals surface area (Å²) in [7, 11) is 0. The zero-order valence-electron chi connectivity index (χ0n) is 10.0. The second-order valence-corrected chi connectivity index (χ2v) is 5.66. The van der Waals surface area contributed by atoms with Crippen LogP contribution in [0.3, 0.4) is 0 Å². The van der Waals surface area contributed by atoms with Crippen LogP contribution in [0, 0.1) is 6.92 Å². The number of aromatic nitrogens is 4. The van der Waals surface area contributed by atoms with Crippen molar-refractivity contribution in [3.05, 3.63) is 10.8 Å². The third-order valence-electron chi connectivity index (χ3n) is 3.31. The number of fused-ring (bicyclic) bond motifs is 1. The van der Waals surface area contributed by atoms with Crippen LogP contribution in [-0.2, 0) is 6.42 Å². The topological polar surface area (TPSA) is 55.1 Å². The van der Waals surface area contributed by atoms with Gasteiger partial charge in [0.1, 0.15) is 5.01 Å². The molecule has 2 aromatic rings. The predicted molar refractivity (Wildman–Crippen MR) is 67.4 cm³/mol. The molecule has 17 heavy (non-hydrogen) atoms. The number of hydrogen-bond acceptors (Lipinski definition) is 5. The smallest absolute Gasteiger partial charge is 0.234 e. The van der Waals surface area contributed by atoms with Crippen molar-refractivity contribution in [2.24, 2.45) is 0 Å². The van der Waals surface area contributed by atoms with Crippen LogP contribution in [-0.4, -0.2) is 32.4 Å². The van der Waals surface area contributed by atoms with E-state index in [1.807, 2.05) is 11.4 Å². The first-order valence-corrected chi connectivity index (χ1v) is 7.06. The van der Waals surface area contributed by atoms with Crippen molar-refractivity contribution in [2.45, 2.75) is 45.1 Å². The summed E-state index contributed by atoms with van der Waals surface area (Å²) < 4.78 is 1.84. The molecule has 1 aliphatic heterocycles. The second-order valence-electron chi connectivity index (χ2n) is 4.62. The van der Waals surface area contributed by atoms with Gasteiger partial charge in [0.2, 0.25) is 4.96 Å². The highest BCUT2D eigenvalue weighted by molar-refractivity contribution is 7.16. The van der Waals surface area contributed by atoms with Crippen molar-refractivity contribution < 1.29 is 0 Å². The van der Waals surface area contributed by atoms with Crippen LogP contribution in [0.2, 0.25) is 0 Å². The first-order valence-electron chi connectivity index (χ1n) is 6.24. The molecular formula is C11H17N5S. The largest absolute Gasteiger partial charge is 0.314 e. The van der Waals surface area contributed by atoms with Crippen LogP contribution in [0.5, 0.6) is 0 Å². The van der Waals surface area contributed by atoms with Gasteiger partial charge >= 0.3 is 0 Å². The minimum absolute atomic E-state index is 0.680. The average Bonchev–Trinajstić information content (AvgIpc) is 2.91. The van der Waals surface area contributed by atoms with E-state index in [-0.39, 0.29) is 0 Å². The van der Waals surface area contributed by atoms with E-state index < -0.39 is 0 Å². The first kappa shape index (κ1) is 11.1. The van der Waals surface area contributed by atoms with Crippen LogP contribution in [0.1, 0.15) is 36.5 Å². The number of piperidine rings is 1. The van der Waals surface area contributed by atoms with Gasteiger partial charge in [-0.15, -0.1) is 10.2 Å². The lowest BCUT2D eigenvalue weighted by Crippen LogP contribution is -2.34. The Bertz CT molecular complexity index is 497. The first-order chi connectivity index (χ1) is 8.33. The van der Waals surface area contributed by atoms with E-state index in [2.05, 4.69) is 20.6 Å². The maximum Gasteiger partial charge on any atom is 0.234 e. The molecule has 1 unspecified atom stereocenters. The van der Waals surface area contributed by atoms with Gasteiger partial charge in [-0.25, -0.2) is 0 Å². The molecule has 0 bridgehead atoms. The average molecular weight is 251 g/mol. The van der Waals surface area contributed by atoms with Crippen LogP contribution in [0.25, 0.3) is 4.96 Å². The lowest BCUT2D eigenvalue weighted by Gasteiger charge is -2.22. The van der Waals surface area contributed by atoms with Crippen molar-refractivity contribution in [2.75, 3.05) is 6.54 Å². The van der Waals surface area contributed by atoms with E-state index >= 15 is 0 Å². The van der Waals surface area contributed by atoms with E-state index in [0.29, 0.717) is 6.04 Å². The number of aryl methyl sites for hydroxylation is 2. The maximum absolute atomic E-state index is 4.54. The summed E-state index contributed by atoms with van der Waals surface area (Å²) in [6.07, 6.45) is 6.23. The summed E-state index contributed by atoms with van der Waals surface area (Å²) in [5, 5.41) is 17.4. The van der Waals surface area contributed by atoms with Gasteiger partial charge in [0.25, 0.3) is 0 Å². The van der Waals surface area contributed by atoms with Crippen molar-refractivity contribution in [3.63, 3.8) is 0 Å². The summed E-state index contributed by atoms with van der Waals surface area (Å²) in [5.74, 6) is 0.873. The van der Waals surface area contributed by atoms with E-state index in [9.17, 15) is 0 Å². The molecule has 6 heteroatoms. The maximum atomic E-state index is 4.54. The Morgan fingerprint density at radius 1 is 1.41 bits per heavy atom. The lowest BCUT2D eigenvalue weighted by molar-refractivity contribution is 0.382. The Morgan fingerprint density at radius 3 is 3.12 bits per heavy atom. The molecule has 1 aliphatic rings. The standard InChI is InChI=1S/C11H17N5S/c1-8-13-14-11-16(8)15-10(17-11)6-5-9-4-2-3-7-12-9/h9,12H,2-7H2,1H3. The molecule has 1 saturated heterocycles. The molecule has 1 atom stereocenters. The van der Waals surface area contributed by atoms with Crippen molar-refractivity contribution in [1.29, 1.82) is 0 Å². The highest BCUT2D eigenvalue weighted by Gasteiger charge is 2.14. The van der Waals surface area contributed by atoms with Gasteiger partial charge in [0.05, 0.1) is 0 Å². The highest BCUT2D eigenvalue weighted by Crippen LogP contribution is 2.18. The Hall–Kier alpha value is -1.01. The molecule has 2 aromatic heterocycles. The van der Waals surface area contributed by atoms with Crippen LogP contribution in [0.4, 0.5) is 0 Å². The van der Waals surface area contributed by atoms with E-state index in [1.54, 1.807) is 11.3 Å². The molecule has 1 N–H and O–H groups in total. The van der Waals surface area contributed by atoms with Crippen LogP contribution in [0.15, 0.2) is 0 Å². The quantitative estimate of drug-likeness (QED) is 0.899. The molecule has 0 saturated carbocycles. The van der Waals surface area contributed by atoms with Crippen molar-refractivity contribution >= 4 is 16.3 Å². The second kappa shape index (κ2) is 4.70. The minimum Gasteiger partial charge on any atom is -0.314 e. The molecule has 0 aliphatic carbocycles. The fraction of sp³-hybridized carbons (Fsp3) is 0.727. The van der Waals surface area contributed by atoms with Gasteiger partial charge < -0.3 is 5.32 Å². The number of nitrogens with zero attached hydrogens (tertiary/aromatic N) is 4. The SMILES string of the molecule is Cc1nnc2sc(CCC3CCCCN3)nn12. The molecule has 0 spiro atoms. The normalized spacial score (nSPS) is 21.1. The van der Waals surface area contributed by atoms with Crippen LogP contribution < -0.4 is 5.32 Å². The zero-order chi connectivity index (χ0) is 11.7. The van der Waals surface area contributed by atoms with Crippen molar-refractivity contribution in [3.8, 4) is 0 Å². The fourth-order valence-electron chi connectivity index (χ4n) is 2.32. The number of hydrogen-bond donors (Lipinski definition) is 1. The fourth-order valence-corrected chi connectivity index (χ4v) is 3.22. The van der Waals surface area contributed by atoms with E-state index in [4.69, 9.17) is 0 Å². The van der Waals surface area contributed by atoms with Gasteiger partial charge in [-0.3, -0.25) is 0 Å². The third-order valence-corrected chi connectivity index (χ3v) is 4.27. The van der Waals surface area contributed by atoms with Gasteiger partial charge in [-0.1, -0.05) is 17.8 Å². The highest BCUT2D eigenvalue weighted by atomic mass is 32.1. The monoisotopic (exact) mass is 251 g/mol. The molecule has 0 amide bonds. The van der Waals surface area contributed by atoms with Crippen molar-refractivity contribution in [1.82, 2.24) is 25.1 Å². The summed E-state index contributed by atoms with van der Waals surface area (Å²) in [6, 6.07) is 0.680. The Labute approximate surface area is 104 Å². The van der Waals surface area contributed by atoms with Gasteiger partial charge in [0, 0.05) is 12.5 Å². The Kier molecular flexibility index (Phi) is 3.07. The molecule has 3 heterocycles. The molecule has 5 nitrogen and oxygen atoms in total. The zero-order valence-corrected chi connectivity index (χ0v) is 10.8. The van der Waals surface area contributed by atoms with Gasteiger partial charge in [-0.2, -0.15) is 9.61 Å². The summed E-state index contributed by atoms with van der Waals surface area (Å²) in [6.45, 7) is 3.11. The van der Waals surface area contributed by atoms with Crippen LogP contribution >= 0.6 is 11.3 Å². The molecule has 1 fully saturated rings. The third kappa shape index (κ3) is 2.32. The minimum atomic E-state index is 0.680. The van der Waals surface area contributed by atoms with Gasteiger partial charge in [-0.05, 0) is 32.7 Å². The molecule has 0 radical (unpaired) electrons. The Morgan fingerprint density at radius 2 is 2.35 bits per heavy atom. The number of nitrogens with one attached hydrogen (secondary N) is 1.